The highest BCUT2D eigenvalue weighted by atomic mass is 16.1. The smallest absolute Gasteiger partial charge is 0.269 e. The summed E-state index contributed by atoms with van der Waals surface area (Å²) in [7, 11) is 0. The largest absolute Gasteiger partial charge is 0.385 e. The van der Waals surface area contributed by atoms with Gasteiger partial charge in [0.1, 0.15) is 5.69 Å². The third-order valence-corrected chi connectivity index (χ3v) is 3.26. The lowest BCUT2D eigenvalue weighted by atomic mass is 10.1. The molecule has 1 amide bonds. The van der Waals surface area contributed by atoms with Crippen LogP contribution in [0, 0.1) is 0 Å². The molecule has 0 saturated carbocycles. The number of amides is 1. The van der Waals surface area contributed by atoms with E-state index < -0.39 is 0 Å². The van der Waals surface area contributed by atoms with Crippen LogP contribution in [0.3, 0.4) is 0 Å². The van der Waals surface area contributed by atoms with E-state index in [4.69, 9.17) is 0 Å². The zero-order chi connectivity index (χ0) is 14.2. The summed E-state index contributed by atoms with van der Waals surface area (Å²) < 4.78 is 0. The summed E-state index contributed by atoms with van der Waals surface area (Å²) >= 11 is 0. The zero-order valence-corrected chi connectivity index (χ0v) is 11.9. The van der Waals surface area contributed by atoms with E-state index in [-0.39, 0.29) is 5.91 Å². The Morgan fingerprint density at radius 2 is 2.40 bits per heavy atom. The number of aromatic nitrogens is 1. The fourth-order valence-corrected chi connectivity index (χ4v) is 2.18. The third-order valence-electron chi connectivity index (χ3n) is 3.26. The minimum atomic E-state index is -0.128. The number of nitrogens with zero attached hydrogens (tertiary/aromatic N) is 1. The Hall–Kier alpha value is -1.88. The molecule has 0 bridgehead atoms. The normalized spacial score (nSPS) is 14.6. The summed E-state index contributed by atoms with van der Waals surface area (Å²) in [5.41, 5.74) is 2.89. The number of anilines is 1. The molecular weight excluding hydrogens is 252 g/mol. The van der Waals surface area contributed by atoms with Crippen molar-refractivity contribution < 1.29 is 4.79 Å². The number of nitrogens with one attached hydrogen (secondary N) is 3. The molecule has 2 rings (SSSR count). The molecule has 0 saturated heterocycles. The van der Waals surface area contributed by atoms with E-state index in [1.165, 1.54) is 5.57 Å². The molecule has 0 aromatic carbocycles. The molecular formula is C15H22N4O. The highest BCUT2D eigenvalue weighted by Crippen LogP contribution is 2.12. The van der Waals surface area contributed by atoms with Gasteiger partial charge in [0.05, 0.1) is 0 Å². The lowest BCUT2D eigenvalue weighted by molar-refractivity contribution is 0.0951. The first-order valence-corrected chi connectivity index (χ1v) is 7.16. The maximum atomic E-state index is 11.7. The van der Waals surface area contributed by atoms with Gasteiger partial charge >= 0.3 is 0 Å². The van der Waals surface area contributed by atoms with Gasteiger partial charge in [-0.2, -0.15) is 0 Å². The SMILES string of the molecule is CCNC(=O)c1cc(NCCC2=CCNCC2)ccn1. The molecule has 0 radical (unpaired) electrons. The van der Waals surface area contributed by atoms with Crippen molar-refractivity contribution in [2.45, 2.75) is 19.8 Å². The van der Waals surface area contributed by atoms with Crippen LogP contribution in [0.2, 0.25) is 0 Å². The van der Waals surface area contributed by atoms with E-state index in [0.29, 0.717) is 12.2 Å². The van der Waals surface area contributed by atoms with Gasteiger partial charge in [0.15, 0.2) is 0 Å². The molecule has 0 fully saturated rings. The van der Waals surface area contributed by atoms with Crippen molar-refractivity contribution in [2.24, 2.45) is 0 Å². The molecule has 1 aliphatic rings. The monoisotopic (exact) mass is 274 g/mol. The van der Waals surface area contributed by atoms with Crippen LogP contribution in [0.5, 0.6) is 0 Å². The molecule has 5 heteroatoms. The first-order chi connectivity index (χ1) is 9.79. The Bertz CT molecular complexity index is 485. The molecule has 0 atom stereocenters. The van der Waals surface area contributed by atoms with Gasteiger partial charge in [-0.25, -0.2) is 0 Å². The van der Waals surface area contributed by atoms with E-state index in [9.17, 15) is 4.79 Å². The predicted octanol–water partition coefficient (Wildman–Crippen LogP) is 1.55. The number of carbonyl (C=O) groups is 1. The topological polar surface area (TPSA) is 66.1 Å². The Morgan fingerprint density at radius 3 is 3.15 bits per heavy atom. The summed E-state index contributed by atoms with van der Waals surface area (Å²) in [5, 5.41) is 9.40. The number of rotatable bonds is 6. The molecule has 20 heavy (non-hydrogen) atoms. The second-order valence-electron chi connectivity index (χ2n) is 4.78. The van der Waals surface area contributed by atoms with Crippen molar-refractivity contribution in [3.63, 3.8) is 0 Å². The van der Waals surface area contributed by atoms with Crippen LogP contribution in [0.4, 0.5) is 5.69 Å². The van der Waals surface area contributed by atoms with Gasteiger partial charge in [0.2, 0.25) is 0 Å². The molecule has 1 aliphatic heterocycles. The molecule has 0 unspecified atom stereocenters. The van der Waals surface area contributed by atoms with Crippen molar-refractivity contribution >= 4 is 11.6 Å². The summed E-state index contributed by atoms with van der Waals surface area (Å²) in [6, 6.07) is 3.68. The predicted molar refractivity (Wildman–Crippen MR) is 80.9 cm³/mol. The minimum Gasteiger partial charge on any atom is -0.385 e. The first-order valence-electron chi connectivity index (χ1n) is 7.16. The molecule has 0 spiro atoms. The van der Waals surface area contributed by atoms with E-state index in [0.717, 1.165) is 38.2 Å². The Morgan fingerprint density at radius 1 is 1.50 bits per heavy atom. The number of hydrogen-bond donors (Lipinski definition) is 3. The minimum absolute atomic E-state index is 0.128. The van der Waals surface area contributed by atoms with Gasteiger partial charge in [0, 0.05) is 31.5 Å². The molecule has 3 N–H and O–H groups in total. The summed E-state index contributed by atoms with van der Waals surface area (Å²) in [4.78, 5) is 15.8. The summed E-state index contributed by atoms with van der Waals surface area (Å²) in [6.45, 7) is 5.44. The van der Waals surface area contributed by atoms with E-state index in [1.807, 2.05) is 13.0 Å². The maximum Gasteiger partial charge on any atom is 0.269 e. The van der Waals surface area contributed by atoms with Crippen LogP contribution in [0.15, 0.2) is 30.0 Å². The Labute approximate surface area is 119 Å². The first kappa shape index (κ1) is 14.5. The van der Waals surface area contributed by atoms with E-state index in [1.54, 1.807) is 12.3 Å². The van der Waals surface area contributed by atoms with Crippen molar-refractivity contribution in [3.8, 4) is 0 Å². The van der Waals surface area contributed by atoms with Gasteiger partial charge in [-0.15, -0.1) is 0 Å². The third kappa shape index (κ3) is 4.35. The fraction of sp³-hybridized carbons (Fsp3) is 0.467. The van der Waals surface area contributed by atoms with Crippen molar-refractivity contribution in [1.29, 1.82) is 0 Å². The number of carbonyl (C=O) groups excluding carboxylic acids is 1. The van der Waals surface area contributed by atoms with E-state index >= 15 is 0 Å². The number of hydrogen-bond acceptors (Lipinski definition) is 4. The maximum absolute atomic E-state index is 11.7. The zero-order valence-electron chi connectivity index (χ0n) is 11.9. The highest BCUT2D eigenvalue weighted by molar-refractivity contribution is 5.93. The Kier molecular flexibility index (Phi) is 5.55. The second kappa shape index (κ2) is 7.65. The summed E-state index contributed by atoms with van der Waals surface area (Å²) in [6.07, 6.45) is 6.09. The highest BCUT2D eigenvalue weighted by Gasteiger charge is 2.06. The van der Waals surface area contributed by atoms with Crippen LogP contribution in [-0.2, 0) is 0 Å². The lowest BCUT2D eigenvalue weighted by Crippen LogP contribution is -2.23. The average molecular weight is 274 g/mol. The van der Waals surface area contributed by atoms with Crippen LogP contribution >= 0.6 is 0 Å². The fourth-order valence-electron chi connectivity index (χ4n) is 2.18. The van der Waals surface area contributed by atoms with Crippen LogP contribution < -0.4 is 16.0 Å². The number of pyridine rings is 1. The Balaban J connectivity index is 1.85. The van der Waals surface area contributed by atoms with Crippen LogP contribution in [0.1, 0.15) is 30.3 Å². The molecule has 2 heterocycles. The van der Waals surface area contributed by atoms with Gasteiger partial charge in [0.25, 0.3) is 5.91 Å². The van der Waals surface area contributed by atoms with Crippen molar-refractivity contribution in [1.82, 2.24) is 15.6 Å². The molecule has 5 nitrogen and oxygen atoms in total. The molecule has 108 valence electrons. The average Bonchev–Trinajstić information content (AvgIpc) is 2.49. The van der Waals surface area contributed by atoms with Crippen LogP contribution in [0.25, 0.3) is 0 Å². The van der Waals surface area contributed by atoms with Gasteiger partial charge in [-0.3, -0.25) is 9.78 Å². The quantitative estimate of drug-likeness (QED) is 0.689. The second-order valence-corrected chi connectivity index (χ2v) is 4.78. The van der Waals surface area contributed by atoms with Crippen molar-refractivity contribution in [3.05, 3.63) is 35.7 Å². The van der Waals surface area contributed by atoms with Gasteiger partial charge in [-0.1, -0.05) is 11.6 Å². The van der Waals surface area contributed by atoms with Gasteiger partial charge in [-0.05, 0) is 38.4 Å². The van der Waals surface area contributed by atoms with Gasteiger partial charge < -0.3 is 16.0 Å². The molecule has 1 aromatic heterocycles. The van der Waals surface area contributed by atoms with Crippen LogP contribution in [-0.4, -0.2) is 37.1 Å². The molecule has 1 aromatic rings. The summed E-state index contributed by atoms with van der Waals surface area (Å²) in [5.74, 6) is -0.128. The standard InChI is InChI=1S/C15H22N4O/c1-2-17-15(20)14-11-13(6-10-19-14)18-9-5-12-3-7-16-8-4-12/h3,6,10-11,16H,2,4-5,7-9H2,1H3,(H,17,20)(H,18,19). The molecule has 0 aliphatic carbocycles. The van der Waals surface area contributed by atoms with Crippen molar-refractivity contribution in [2.75, 3.05) is 31.5 Å². The van der Waals surface area contributed by atoms with E-state index in [2.05, 4.69) is 27.0 Å². The lowest BCUT2D eigenvalue weighted by Gasteiger charge is -2.14.